The minimum atomic E-state index is -0.462. The molecule has 2 aromatic rings. The van der Waals surface area contributed by atoms with Crippen molar-refractivity contribution >= 4 is 11.6 Å². The summed E-state index contributed by atoms with van der Waals surface area (Å²) in [7, 11) is 0. The fourth-order valence-corrected chi connectivity index (χ4v) is 3.23. The van der Waals surface area contributed by atoms with Crippen molar-refractivity contribution in [2.75, 3.05) is 0 Å². The summed E-state index contributed by atoms with van der Waals surface area (Å²) in [5.74, 6) is -0.212. The molecule has 0 unspecified atom stereocenters. The highest BCUT2D eigenvalue weighted by Crippen LogP contribution is 2.23. The lowest BCUT2D eigenvalue weighted by Crippen LogP contribution is -2.28. The Morgan fingerprint density at radius 1 is 1.33 bits per heavy atom. The van der Waals surface area contributed by atoms with Crippen LogP contribution in [0.25, 0.3) is 0 Å². The number of benzene rings is 1. The van der Waals surface area contributed by atoms with E-state index in [1.165, 1.54) is 22.2 Å². The van der Waals surface area contributed by atoms with Gasteiger partial charge in [0.1, 0.15) is 17.9 Å². The van der Waals surface area contributed by atoms with Gasteiger partial charge < -0.3 is 5.32 Å². The van der Waals surface area contributed by atoms with Crippen molar-refractivity contribution in [2.24, 2.45) is 0 Å². The van der Waals surface area contributed by atoms with Gasteiger partial charge >= 0.3 is 5.69 Å². The molecule has 0 radical (unpaired) electrons. The lowest BCUT2D eigenvalue weighted by Gasteiger charge is -2.08. The van der Waals surface area contributed by atoms with Gasteiger partial charge in [-0.25, -0.2) is 0 Å². The number of aryl methyl sites for hydroxylation is 3. The standard InChI is InChI=1S/C17H20N4O3/c1-11-17(21(23)24)12(2)20(19-11)10-16(22)18-9-13-6-7-14-4-3-5-15(14)8-13/h6-8H,3-5,9-10H2,1-2H3,(H,18,22). The molecule has 24 heavy (non-hydrogen) atoms. The summed E-state index contributed by atoms with van der Waals surface area (Å²) < 4.78 is 1.38. The molecule has 126 valence electrons. The Bertz CT molecular complexity index is 810. The second-order valence-corrected chi connectivity index (χ2v) is 6.17. The van der Waals surface area contributed by atoms with Crippen molar-refractivity contribution in [3.8, 4) is 0 Å². The lowest BCUT2D eigenvalue weighted by molar-refractivity contribution is -0.386. The molecule has 3 rings (SSSR count). The maximum atomic E-state index is 12.1. The van der Waals surface area contributed by atoms with E-state index in [1.807, 2.05) is 6.07 Å². The Morgan fingerprint density at radius 2 is 2.08 bits per heavy atom. The van der Waals surface area contributed by atoms with Crippen LogP contribution in [0, 0.1) is 24.0 Å². The third kappa shape index (κ3) is 3.15. The number of hydrogen-bond acceptors (Lipinski definition) is 4. The molecule has 0 saturated carbocycles. The molecule has 1 aliphatic carbocycles. The van der Waals surface area contributed by atoms with E-state index in [-0.39, 0.29) is 18.1 Å². The molecule has 7 heteroatoms. The SMILES string of the molecule is Cc1nn(CC(=O)NCc2ccc3c(c2)CCC3)c(C)c1[N+](=O)[O-]. The van der Waals surface area contributed by atoms with Gasteiger partial charge in [-0.2, -0.15) is 5.10 Å². The minimum Gasteiger partial charge on any atom is -0.350 e. The second-order valence-electron chi connectivity index (χ2n) is 6.17. The first-order chi connectivity index (χ1) is 11.5. The van der Waals surface area contributed by atoms with Crippen LogP contribution in [0.15, 0.2) is 18.2 Å². The zero-order chi connectivity index (χ0) is 17.3. The van der Waals surface area contributed by atoms with Gasteiger partial charge in [0.05, 0.1) is 4.92 Å². The number of carbonyl (C=O) groups is 1. The Morgan fingerprint density at radius 3 is 2.79 bits per heavy atom. The number of nitro groups is 1. The average Bonchev–Trinajstić information content (AvgIpc) is 3.09. The highest BCUT2D eigenvalue weighted by Gasteiger charge is 2.22. The number of carbonyl (C=O) groups excluding carboxylic acids is 1. The Labute approximate surface area is 139 Å². The highest BCUT2D eigenvalue weighted by molar-refractivity contribution is 5.75. The second kappa shape index (κ2) is 6.43. The first-order valence-corrected chi connectivity index (χ1v) is 8.01. The van der Waals surface area contributed by atoms with Gasteiger partial charge in [0.25, 0.3) is 0 Å². The van der Waals surface area contributed by atoms with E-state index >= 15 is 0 Å². The van der Waals surface area contributed by atoms with Crippen molar-refractivity contribution < 1.29 is 9.72 Å². The molecule has 1 aromatic carbocycles. The number of fused-ring (bicyclic) bond motifs is 1. The van der Waals surface area contributed by atoms with Crippen LogP contribution in [-0.2, 0) is 30.7 Å². The molecular weight excluding hydrogens is 308 g/mol. The predicted octanol–water partition coefficient (Wildman–Crippen LogP) is 2.21. The van der Waals surface area contributed by atoms with Crippen LogP contribution in [0.5, 0.6) is 0 Å². The molecule has 7 nitrogen and oxygen atoms in total. The summed E-state index contributed by atoms with van der Waals surface area (Å²) >= 11 is 0. The van der Waals surface area contributed by atoms with Crippen LogP contribution in [0.2, 0.25) is 0 Å². The highest BCUT2D eigenvalue weighted by atomic mass is 16.6. The summed E-state index contributed by atoms with van der Waals surface area (Å²) in [5.41, 5.74) is 4.54. The molecule has 0 aliphatic heterocycles. The quantitative estimate of drug-likeness (QED) is 0.673. The average molecular weight is 328 g/mol. The van der Waals surface area contributed by atoms with Crippen molar-refractivity contribution in [3.63, 3.8) is 0 Å². The smallest absolute Gasteiger partial charge is 0.312 e. The summed E-state index contributed by atoms with van der Waals surface area (Å²) in [6, 6.07) is 6.32. The number of hydrogen-bond donors (Lipinski definition) is 1. The topological polar surface area (TPSA) is 90.1 Å². The molecule has 1 N–H and O–H groups in total. The number of nitrogens with one attached hydrogen (secondary N) is 1. The van der Waals surface area contributed by atoms with Crippen molar-refractivity contribution in [1.29, 1.82) is 0 Å². The van der Waals surface area contributed by atoms with Gasteiger partial charge in [-0.05, 0) is 49.8 Å². The minimum absolute atomic E-state index is 0.0224. The van der Waals surface area contributed by atoms with Crippen LogP contribution in [-0.4, -0.2) is 20.6 Å². The third-order valence-corrected chi connectivity index (χ3v) is 4.47. The van der Waals surface area contributed by atoms with Crippen molar-refractivity contribution in [3.05, 3.63) is 56.4 Å². The van der Waals surface area contributed by atoms with Gasteiger partial charge in [0.2, 0.25) is 5.91 Å². The van der Waals surface area contributed by atoms with E-state index in [0.29, 0.717) is 17.9 Å². The van der Waals surface area contributed by atoms with Gasteiger partial charge in [0, 0.05) is 6.54 Å². The largest absolute Gasteiger partial charge is 0.350 e. The molecular formula is C17H20N4O3. The summed E-state index contributed by atoms with van der Waals surface area (Å²) in [5, 5.41) is 17.9. The molecule has 0 bridgehead atoms. The van der Waals surface area contributed by atoms with Crippen molar-refractivity contribution in [1.82, 2.24) is 15.1 Å². The molecule has 0 saturated heterocycles. The zero-order valence-corrected chi connectivity index (χ0v) is 13.8. The van der Waals surface area contributed by atoms with Crippen LogP contribution in [0.4, 0.5) is 5.69 Å². The molecule has 0 fully saturated rings. The predicted molar refractivity (Wildman–Crippen MR) is 88.7 cm³/mol. The first-order valence-electron chi connectivity index (χ1n) is 8.01. The van der Waals surface area contributed by atoms with Crippen LogP contribution >= 0.6 is 0 Å². The third-order valence-electron chi connectivity index (χ3n) is 4.47. The first kappa shape index (κ1) is 16.2. The van der Waals surface area contributed by atoms with E-state index < -0.39 is 4.92 Å². The van der Waals surface area contributed by atoms with E-state index in [4.69, 9.17) is 0 Å². The Balaban J connectivity index is 1.62. The van der Waals surface area contributed by atoms with Gasteiger partial charge in [0.15, 0.2) is 0 Å². The normalized spacial score (nSPS) is 12.9. The molecule has 0 atom stereocenters. The number of aromatic nitrogens is 2. The summed E-state index contributed by atoms with van der Waals surface area (Å²) in [6.07, 6.45) is 3.44. The van der Waals surface area contributed by atoms with E-state index in [9.17, 15) is 14.9 Å². The van der Waals surface area contributed by atoms with Gasteiger partial charge in [-0.1, -0.05) is 18.2 Å². The monoisotopic (exact) mass is 328 g/mol. The molecule has 1 amide bonds. The van der Waals surface area contributed by atoms with E-state index in [1.54, 1.807) is 13.8 Å². The van der Waals surface area contributed by atoms with Crippen LogP contribution in [0.3, 0.4) is 0 Å². The number of rotatable bonds is 5. The lowest BCUT2D eigenvalue weighted by atomic mass is 10.1. The van der Waals surface area contributed by atoms with E-state index in [2.05, 4.69) is 22.5 Å². The molecule has 1 aromatic heterocycles. The molecule has 1 aliphatic rings. The van der Waals surface area contributed by atoms with Crippen LogP contribution in [0.1, 0.15) is 34.5 Å². The number of nitrogens with zero attached hydrogens (tertiary/aromatic N) is 3. The van der Waals surface area contributed by atoms with Crippen molar-refractivity contribution in [2.45, 2.75) is 46.2 Å². The fourth-order valence-electron chi connectivity index (χ4n) is 3.23. The maximum absolute atomic E-state index is 12.1. The Kier molecular flexibility index (Phi) is 4.33. The van der Waals surface area contributed by atoms with E-state index in [0.717, 1.165) is 18.4 Å². The molecule has 1 heterocycles. The molecule has 0 spiro atoms. The maximum Gasteiger partial charge on any atom is 0.312 e. The fraction of sp³-hybridized carbons (Fsp3) is 0.412. The van der Waals surface area contributed by atoms with Crippen LogP contribution < -0.4 is 5.32 Å². The van der Waals surface area contributed by atoms with Gasteiger partial charge in [-0.3, -0.25) is 19.6 Å². The van der Waals surface area contributed by atoms with Gasteiger partial charge in [-0.15, -0.1) is 0 Å². The zero-order valence-electron chi connectivity index (χ0n) is 13.8. The summed E-state index contributed by atoms with van der Waals surface area (Å²) in [6.45, 7) is 3.61. The summed E-state index contributed by atoms with van der Waals surface area (Å²) in [4.78, 5) is 22.7. The Hall–Kier alpha value is -2.70. The number of amides is 1.